The van der Waals surface area contributed by atoms with Crippen LogP contribution in [0.1, 0.15) is 31.3 Å². The zero-order valence-electron chi connectivity index (χ0n) is 9.45. The molecule has 84 valence electrons. The number of hydrogen-bond donors (Lipinski definition) is 2. The van der Waals surface area contributed by atoms with E-state index >= 15 is 0 Å². The molecule has 0 radical (unpaired) electrons. The average molecular weight is 210 g/mol. The molecule has 1 rings (SSSR count). The van der Waals surface area contributed by atoms with Gasteiger partial charge in [-0.15, -0.1) is 0 Å². The summed E-state index contributed by atoms with van der Waals surface area (Å²) in [7, 11) is 0. The van der Waals surface area contributed by atoms with Gasteiger partial charge in [0.1, 0.15) is 5.69 Å². The van der Waals surface area contributed by atoms with E-state index in [1.165, 1.54) is 6.20 Å². The first-order valence-electron chi connectivity index (χ1n) is 5.15. The first-order chi connectivity index (χ1) is 7.06. The lowest BCUT2D eigenvalue weighted by molar-refractivity contribution is 0.0945. The Morgan fingerprint density at radius 1 is 1.67 bits per heavy atom. The molecule has 5 heteroatoms. The van der Waals surface area contributed by atoms with Crippen LogP contribution >= 0.6 is 0 Å². The van der Waals surface area contributed by atoms with Gasteiger partial charge in [0, 0.05) is 13.1 Å². The zero-order chi connectivity index (χ0) is 11.4. The third-order valence-electron chi connectivity index (χ3n) is 1.96. The second kappa shape index (κ2) is 4.82. The van der Waals surface area contributed by atoms with Crippen molar-refractivity contribution in [2.24, 2.45) is 5.92 Å². The van der Waals surface area contributed by atoms with Gasteiger partial charge in [0.25, 0.3) is 5.91 Å². The maximum absolute atomic E-state index is 11.7. The summed E-state index contributed by atoms with van der Waals surface area (Å²) in [5.41, 5.74) is 6.60. The molecule has 0 aliphatic rings. The number of rotatable bonds is 4. The van der Waals surface area contributed by atoms with Gasteiger partial charge in [-0.2, -0.15) is 5.10 Å². The van der Waals surface area contributed by atoms with Crippen molar-refractivity contribution in [2.45, 2.75) is 27.3 Å². The van der Waals surface area contributed by atoms with Crippen molar-refractivity contribution in [3.8, 4) is 0 Å². The molecular formula is C10H18N4O. The Hall–Kier alpha value is -1.52. The molecule has 1 heterocycles. The quantitative estimate of drug-likeness (QED) is 0.774. The van der Waals surface area contributed by atoms with Gasteiger partial charge in [0.15, 0.2) is 0 Å². The Morgan fingerprint density at radius 3 is 2.87 bits per heavy atom. The van der Waals surface area contributed by atoms with Crippen LogP contribution in [0.5, 0.6) is 0 Å². The van der Waals surface area contributed by atoms with E-state index in [4.69, 9.17) is 5.73 Å². The lowest BCUT2D eigenvalue weighted by Crippen LogP contribution is -2.27. The summed E-state index contributed by atoms with van der Waals surface area (Å²) in [6, 6.07) is 0. The highest BCUT2D eigenvalue weighted by atomic mass is 16.2. The second-order valence-corrected chi connectivity index (χ2v) is 3.88. The normalized spacial score (nSPS) is 10.7. The summed E-state index contributed by atoms with van der Waals surface area (Å²) >= 11 is 0. The van der Waals surface area contributed by atoms with Crippen molar-refractivity contribution in [1.29, 1.82) is 0 Å². The van der Waals surface area contributed by atoms with Gasteiger partial charge in [0.05, 0.1) is 11.9 Å². The molecule has 0 unspecified atom stereocenters. The summed E-state index contributed by atoms with van der Waals surface area (Å²) in [4.78, 5) is 11.7. The first kappa shape index (κ1) is 11.6. The molecule has 0 spiro atoms. The molecule has 1 aromatic rings. The van der Waals surface area contributed by atoms with E-state index in [1.54, 1.807) is 4.68 Å². The van der Waals surface area contributed by atoms with Gasteiger partial charge in [0.2, 0.25) is 0 Å². The molecule has 5 nitrogen and oxygen atoms in total. The van der Waals surface area contributed by atoms with Gasteiger partial charge in [-0.3, -0.25) is 9.48 Å². The number of carbonyl (C=O) groups excluding carboxylic acids is 1. The third kappa shape index (κ3) is 2.71. The molecule has 0 saturated carbocycles. The van der Waals surface area contributed by atoms with Gasteiger partial charge in [-0.1, -0.05) is 13.8 Å². The number of amides is 1. The van der Waals surface area contributed by atoms with E-state index in [-0.39, 0.29) is 5.91 Å². The van der Waals surface area contributed by atoms with E-state index in [9.17, 15) is 4.79 Å². The van der Waals surface area contributed by atoms with Crippen LogP contribution in [-0.4, -0.2) is 22.2 Å². The summed E-state index contributed by atoms with van der Waals surface area (Å²) in [6.07, 6.45) is 1.52. The summed E-state index contributed by atoms with van der Waals surface area (Å²) < 4.78 is 1.66. The van der Waals surface area contributed by atoms with E-state index in [0.717, 1.165) is 0 Å². The summed E-state index contributed by atoms with van der Waals surface area (Å²) in [6.45, 7) is 7.30. The van der Waals surface area contributed by atoms with Crippen molar-refractivity contribution in [1.82, 2.24) is 15.1 Å². The fourth-order valence-electron chi connectivity index (χ4n) is 1.38. The number of nitrogens with two attached hydrogens (primary N) is 1. The van der Waals surface area contributed by atoms with Gasteiger partial charge >= 0.3 is 0 Å². The van der Waals surface area contributed by atoms with Crippen LogP contribution in [-0.2, 0) is 6.54 Å². The van der Waals surface area contributed by atoms with Crippen LogP contribution in [0.3, 0.4) is 0 Å². The number of carbonyl (C=O) groups is 1. The number of aromatic nitrogens is 2. The Bertz CT molecular complexity index is 343. The van der Waals surface area contributed by atoms with Crippen LogP contribution in [0.4, 0.5) is 5.69 Å². The fraction of sp³-hybridized carbons (Fsp3) is 0.600. The highest BCUT2D eigenvalue weighted by Crippen LogP contribution is 2.12. The predicted octanol–water partition coefficient (Wildman–Crippen LogP) is 0.871. The Morgan fingerprint density at radius 2 is 2.33 bits per heavy atom. The van der Waals surface area contributed by atoms with Crippen molar-refractivity contribution in [2.75, 3.05) is 12.3 Å². The predicted molar refractivity (Wildman–Crippen MR) is 59.5 cm³/mol. The highest BCUT2D eigenvalue weighted by molar-refractivity contribution is 5.97. The monoisotopic (exact) mass is 210 g/mol. The van der Waals surface area contributed by atoms with Gasteiger partial charge in [-0.05, 0) is 12.8 Å². The minimum Gasteiger partial charge on any atom is -0.396 e. The molecule has 0 fully saturated rings. The SMILES string of the molecule is CCNC(=O)c1c(N)cnn1CC(C)C. The zero-order valence-corrected chi connectivity index (χ0v) is 9.45. The molecule has 1 aromatic heterocycles. The van der Waals surface area contributed by atoms with Crippen molar-refractivity contribution >= 4 is 11.6 Å². The largest absolute Gasteiger partial charge is 0.396 e. The van der Waals surface area contributed by atoms with Crippen LogP contribution in [0.25, 0.3) is 0 Å². The lowest BCUT2D eigenvalue weighted by Gasteiger charge is -2.09. The third-order valence-corrected chi connectivity index (χ3v) is 1.96. The molecule has 0 atom stereocenters. The highest BCUT2D eigenvalue weighted by Gasteiger charge is 2.16. The number of nitrogens with one attached hydrogen (secondary N) is 1. The Kier molecular flexibility index (Phi) is 3.71. The topological polar surface area (TPSA) is 72.9 Å². The average Bonchev–Trinajstić information content (AvgIpc) is 2.46. The molecule has 0 aliphatic heterocycles. The van der Waals surface area contributed by atoms with Crippen molar-refractivity contribution in [3.05, 3.63) is 11.9 Å². The Labute approximate surface area is 89.6 Å². The number of anilines is 1. The standard InChI is InChI=1S/C10H18N4O/c1-4-12-10(15)9-8(11)5-13-14(9)6-7(2)3/h5,7H,4,6,11H2,1-3H3,(H,12,15). The lowest BCUT2D eigenvalue weighted by atomic mass is 10.2. The van der Waals surface area contributed by atoms with Crippen LogP contribution in [0, 0.1) is 5.92 Å². The van der Waals surface area contributed by atoms with E-state index in [1.807, 2.05) is 6.92 Å². The van der Waals surface area contributed by atoms with Gasteiger partial charge in [-0.25, -0.2) is 0 Å². The second-order valence-electron chi connectivity index (χ2n) is 3.88. The van der Waals surface area contributed by atoms with E-state index in [0.29, 0.717) is 30.4 Å². The smallest absolute Gasteiger partial charge is 0.271 e. The number of nitrogens with zero attached hydrogens (tertiary/aromatic N) is 2. The number of hydrogen-bond acceptors (Lipinski definition) is 3. The Balaban J connectivity index is 2.93. The molecule has 0 aromatic carbocycles. The molecular weight excluding hydrogens is 192 g/mol. The van der Waals surface area contributed by atoms with Crippen molar-refractivity contribution in [3.63, 3.8) is 0 Å². The van der Waals surface area contributed by atoms with Crippen LogP contribution in [0.2, 0.25) is 0 Å². The summed E-state index contributed by atoms with van der Waals surface area (Å²) in [5.74, 6) is 0.269. The molecule has 1 amide bonds. The number of nitrogen functional groups attached to an aromatic ring is 1. The van der Waals surface area contributed by atoms with Crippen molar-refractivity contribution < 1.29 is 4.79 Å². The minimum atomic E-state index is -0.159. The fourth-order valence-corrected chi connectivity index (χ4v) is 1.38. The molecule has 15 heavy (non-hydrogen) atoms. The first-order valence-corrected chi connectivity index (χ1v) is 5.15. The van der Waals surface area contributed by atoms with Crippen LogP contribution in [0.15, 0.2) is 6.20 Å². The molecule has 0 saturated heterocycles. The van der Waals surface area contributed by atoms with E-state index in [2.05, 4.69) is 24.3 Å². The van der Waals surface area contributed by atoms with Crippen LogP contribution < -0.4 is 11.1 Å². The minimum absolute atomic E-state index is 0.159. The summed E-state index contributed by atoms with van der Waals surface area (Å²) in [5, 5.41) is 6.81. The maximum Gasteiger partial charge on any atom is 0.271 e. The van der Waals surface area contributed by atoms with E-state index < -0.39 is 0 Å². The molecule has 0 aliphatic carbocycles. The molecule has 3 N–H and O–H groups in total. The maximum atomic E-state index is 11.7. The molecule has 0 bridgehead atoms. The van der Waals surface area contributed by atoms with Gasteiger partial charge < -0.3 is 11.1 Å².